The minimum atomic E-state index is -0.154. The van der Waals surface area contributed by atoms with E-state index in [1.165, 1.54) is 12.8 Å². The van der Waals surface area contributed by atoms with E-state index in [0.29, 0.717) is 6.04 Å². The van der Waals surface area contributed by atoms with E-state index in [1.807, 2.05) is 18.7 Å². The van der Waals surface area contributed by atoms with Gasteiger partial charge in [0, 0.05) is 31.5 Å². The van der Waals surface area contributed by atoms with Gasteiger partial charge in [-0.25, -0.2) is 4.98 Å². The Morgan fingerprint density at radius 1 is 1.39 bits per heavy atom. The number of aryl methyl sites for hydroxylation is 1. The Morgan fingerprint density at radius 3 is 3.00 bits per heavy atom. The summed E-state index contributed by atoms with van der Waals surface area (Å²) in [6.07, 6.45) is 11.2. The third-order valence-electron chi connectivity index (χ3n) is 3.95. The molecule has 1 aliphatic heterocycles. The molecule has 4 nitrogen and oxygen atoms in total. The molecule has 0 aromatic carbocycles. The first-order valence-electron chi connectivity index (χ1n) is 7.19. The highest BCUT2D eigenvalue weighted by molar-refractivity contribution is 4.82. The normalized spacial score (nSPS) is 23.1. The molecule has 2 rings (SSSR count). The van der Waals surface area contributed by atoms with Gasteiger partial charge in [-0.15, -0.1) is 0 Å². The van der Waals surface area contributed by atoms with E-state index >= 15 is 0 Å². The summed E-state index contributed by atoms with van der Waals surface area (Å²) in [7, 11) is 0. The molecule has 1 N–H and O–H groups in total. The van der Waals surface area contributed by atoms with Gasteiger partial charge >= 0.3 is 0 Å². The van der Waals surface area contributed by atoms with Crippen molar-refractivity contribution in [3.05, 3.63) is 18.7 Å². The van der Waals surface area contributed by atoms with Crippen molar-refractivity contribution in [2.24, 2.45) is 0 Å². The smallest absolute Gasteiger partial charge is 0.0945 e. The highest BCUT2D eigenvalue weighted by Crippen LogP contribution is 2.21. The molecule has 2 unspecified atom stereocenters. The molecule has 0 aliphatic carbocycles. The van der Waals surface area contributed by atoms with Gasteiger partial charge < -0.3 is 9.67 Å². The van der Waals surface area contributed by atoms with Crippen LogP contribution < -0.4 is 0 Å². The molecule has 1 saturated heterocycles. The van der Waals surface area contributed by atoms with Crippen LogP contribution in [0.1, 0.15) is 39.0 Å². The van der Waals surface area contributed by atoms with Crippen LogP contribution in [0.4, 0.5) is 0 Å². The van der Waals surface area contributed by atoms with Gasteiger partial charge in [-0.3, -0.25) is 4.90 Å². The van der Waals surface area contributed by atoms with Gasteiger partial charge in [0.05, 0.1) is 12.4 Å². The highest BCUT2D eigenvalue weighted by Gasteiger charge is 2.26. The predicted octanol–water partition coefficient (Wildman–Crippen LogP) is 1.90. The fourth-order valence-electron chi connectivity index (χ4n) is 2.88. The van der Waals surface area contributed by atoms with Gasteiger partial charge in [0.15, 0.2) is 0 Å². The number of hydrogen-bond donors (Lipinski definition) is 1. The van der Waals surface area contributed by atoms with Gasteiger partial charge in [-0.2, -0.15) is 0 Å². The maximum atomic E-state index is 10.1. The standard InChI is InChI=1S/C14H25N3O/c1-2-14(18)13-6-3-4-9-17(13)10-5-8-16-11-7-15-12-16/h7,11-14,18H,2-6,8-10H2,1H3. The van der Waals surface area contributed by atoms with E-state index in [-0.39, 0.29) is 6.10 Å². The van der Waals surface area contributed by atoms with Crippen LogP contribution in [0.15, 0.2) is 18.7 Å². The fraction of sp³-hybridized carbons (Fsp3) is 0.786. The van der Waals surface area contributed by atoms with Gasteiger partial charge in [0.1, 0.15) is 0 Å². The summed E-state index contributed by atoms with van der Waals surface area (Å²) in [6.45, 7) is 5.32. The second kappa shape index (κ2) is 6.90. The molecule has 0 amide bonds. The van der Waals surface area contributed by atoms with Crippen LogP contribution in [-0.4, -0.2) is 44.8 Å². The SMILES string of the molecule is CCC(O)C1CCCCN1CCCn1ccnc1. The monoisotopic (exact) mass is 251 g/mol. The zero-order valence-electron chi connectivity index (χ0n) is 11.3. The first-order chi connectivity index (χ1) is 8.81. The molecular weight excluding hydrogens is 226 g/mol. The molecule has 1 aromatic heterocycles. The lowest BCUT2D eigenvalue weighted by atomic mass is 9.96. The van der Waals surface area contributed by atoms with E-state index in [0.717, 1.165) is 38.9 Å². The Morgan fingerprint density at radius 2 is 2.28 bits per heavy atom. The summed E-state index contributed by atoms with van der Waals surface area (Å²) in [6, 6.07) is 0.381. The number of imidazole rings is 1. The quantitative estimate of drug-likeness (QED) is 0.839. The van der Waals surface area contributed by atoms with Gasteiger partial charge in [-0.05, 0) is 32.2 Å². The number of hydrogen-bond acceptors (Lipinski definition) is 3. The van der Waals surface area contributed by atoms with Crippen molar-refractivity contribution in [3.8, 4) is 0 Å². The second-order valence-corrected chi connectivity index (χ2v) is 5.23. The van der Waals surface area contributed by atoms with Crippen molar-refractivity contribution in [3.63, 3.8) is 0 Å². The first-order valence-corrected chi connectivity index (χ1v) is 7.19. The topological polar surface area (TPSA) is 41.3 Å². The van der Waals surface area contributed by atoms with Crippen molar-refractivity contribution in [2.45, 2.75) is 57.7 Å². The van der Waals surface area contributed by atoms with Gasteiger partial charge in [0.2, 0.25) is 0 Å². The Kier molecular flexibility index (Phi) is 5.20. The van der Waals surface area contributed by atoms with Crippen LogP contribution in [0.5, 0.6) is 0 Å². The summed E-state index contributed by atoms with van der Waals surface area (Å²) in [5.41, 5.74) is 0. The van der Waals surface area contributed by atoms with Gasteiger partial charge in [0.25, 0.3) is 0 Å². The lowest BCUT2D eigenvalue weighted by molar-refractivity contribution is 0.0229. The minimum Gasteiger partial charge on any atom is -0.392 e. The molecule has 0 spiro atoms. The Labute approximate surface area is 110 Å². The number of aliphatic hydroxyl groups is 1. The number of rotatable bonds is 6. The molecule has 2 heterocycles. The van der Waals surface area contributed by atoms with Crippen molar-refractivity contribution in [1.29, 1.82) is 0 Å². The van der Waals surface area contributed by atoms with Crippen molar-refractivity contribution < 1.29 is 5.11 Å². The average molecular weight is 251 g/mol. The van der Waals surface area contributed by atoms with Gasteiger partial charge in [-0.1, -0.05) is 13.3 Å². The molecule has 1 aromatic rings. The highest BCUT2D eigenvalue weighted by atomic mass is 16.3. The molecule has 4 heteroatoms. The zero-order valence-corrected chi connectivity index (χ0v) is 11.3. The molecule has 0 saturated carbocycles. The molecule has 1 fully saturated rings. The first kappa shape index (κ1) is 13.6. The molecule has 102 valence electrons. The van der Waals surface area contributed by atoms with E-state index in [9.17, 15) is 5.11 Å². The molecule has 0 radical (unpaired) electrons. The van der Waals surface area contributed by atoms with E-state index in [2.05, 4.69) is 21.4 Å². The van der Waals surface area contributed by atoms with Crippen LogP contribution in [-0.2, 0) is 6.54 Å². The Bertz CT molecular complexity index is 326. The third-order valence-corrected chi connectivity index (χ3v) is 3.95. The Balaban J connectivity index is 1.78. The van der Waals surface area contributed by atoms with Crippen LogP contribution in [0.3, 0.4) is 0 Å². The molecule has 1 aliphatic rings. The maximum absolute atomic E-state index is 10.1. The van der Waals surface area contributed by atoms with Crippen molar-refractivity contribution in [2.75, 3.05) is 13.1 Å². The van der Waals surface area contributed by atoms with E-state index in [4.69, 9.17) is 0 Å². The van der Waals surface area contributed by atoms with Crippen LogP contribution in [0.2, 0.25) is 0 Å². The van der Waals surface area contributed by atoms with Crippen molar-refractivity contribution in [1.82, 2.24) is 14.5 Å². The number of likely N-dealkylation sites (tertiary alicyclic amines) is 1. The average Bonchev–Trinajstić information content (AvgIpc) is 2.92. The molecule has 0 bridgehead atoms. The second-order valence-electron chi connectivity index (χ2n) is 5.23. The number of piperidine rings is 1. The molecule has 2 atom stereocenters. The van der Waals surface area contributed by atoms with E-state index in [1.54, 1.807) is 0 Å². The number of aromatic nitrogens is 2. The summed E-state index contributed by atoms with van der Waals surface area (Å²) in [5, 5.41) is 10.1. The van der Waals surface area contributed by atoms with Crippen molar-refractivity contribution >= 4 is 0 Å². The largest absolute Gasteiger partial charge is 0.392 e. The fourth-order valence-corrected chi connectivity index (χ4v) is 2.88. The Hall–Kier alpha value is -0.870. The zero-order chi connectivity index (χ0) is 12.8. The summed E-state index contributed by atoms with van der Waals surface area (Å²) >= 11 is 0. The van der Waals surface area contributed by atoms with Crippen LogP contribution in [0, 0.1) is 0 Å². The maximum Gasteiger partial charge on any atom is 0.0945 e. The predicted molar refractivity (Wildman–Crippen MR) is 72.4 cm³/mol. The van der Waals surface area contributed by atoms with Crippen LogP contribution >= 0.6 is 0 Å². The third kappa shape index (κ3) is 3.56. The molecule has 18 heavy (non-hydrogen) atoms. The lowest BCUT2D eigenvalue weighted by Gasteiger charge is -2.38. The molecular formula is C14H25N3O. The summed E-state index contributed by atoms with van der Waals surface area (Å²) in [5.74, 6) is 0. The number of nitrogens with zero attached hydrogens (tertiary/aromatic N) is 3. The number of aliphatic hydroxyl groups excluding tert-OH is 1. The summed E-state index contributed by atoms with van der Waals surface area (Å²) in [4.78, 5) is 6.53. The lowest BCUT2D eigenvalue weighted by Crippen LogP contribution is -2.47. The minimum absolute atomic E-state index is 0.154. The summed E-state index contributed by atoms with van der Waals surface area (Å²) < 4.78 is 2.12. The van der Waals surface area contributed by atoms with Crippen LogP contribution in [0.25, 0.3) is 0 Å². The van der Waals surface area contributed by atoms with E-state index < -0.39 is 0 Å².